The SMILES string of the molecule is Cc1ccc(-c2nnc(SCC(=O)Nc3cc(C)ccc3C)n2N)cc1. The number of carbonyl (C=O) groups excluding carboxylic acids is 1. The summed E-state index contributed by atoms with van der Waals surface area (Å²) in [6.07, 6.45) is 0. The van der Waals surface area contributed by atoms with Gasteiger partial charge in [0.1, 0.15) is 0 Å². The number of hydrogen-bond donors (Lipinski definition) is 2. The number of benzene rings is 2. The van der Waals surface area contributed by atoms with Crippen molar-refractivity contribution in [1.29, 1.82) is 0 Å². The number of nitrogens with two attached hydrogens (primary N) is 1. The Labute approximate surface area is 156 Å². The Bertz CT molecular complexity index is 934. The standard InChI is InChI=1S/C19H21N5OS/c1-12-5-8-15(9-6-12)18-22-23-19(24(18)20)26-11-17(25)21-16-10-13(2)4-7-14(16)3/h4-10H,11,20H2,1-3H3,(H,21,25). The van der Waals surface area contributed by atoms with Crippen molar-refractivity contribution in [3.63, 3.8) is 0 Å². The lowest BCUT2D eigenvalue weighted by molar-refractivity contribution is -0.113. The number of nitrogens with one attached hydrogen (secondary N) is 1. The molecule has 1 aromatic heterocycles. The van der Waals surface area contributed by atoms with Crippen molar-refractivity contribution in [2.24, 2.45) is 0 Å². The van der Waals surface area contributed by atoms with Gasteiger partial charge in [-0.2, -0.15) is 0 Å². The third kappa shape index (κ3) is 4.05. The third-order valence-electron chi connectivity index (χ3n) is 3.97. The summed E-state index contributed by atoms with van der Waals surface area (Å²) >= 11 is 1.26. The van der Waals surface area contributed by atoms with E-state index in [0.717, 1.165) is 27.9 Å². The van der Waals surface area contributed by atoms with Crippen LogP contribution in [0.4, 0.5) is 5.69 Å². The number of thioether (sulfide) groups is 1. The van der Waals surface area contributed by atoms with Crippen molar-refractivity contribution in [2.75, 3.05) is 16.9 Å². The molecule has 0 saturated carbocycles. The molecule has 0 aliphatic carbocycles. The first kappa shape index (κ1) is 18.0. The fourth-order valence-corrected chi connectivity index (χ4v) is 3.12. The van der Waals surface area contributed by atoms with Crippen molar-refractivity contribution < 1.29 is 4.79 Å². The van der Waals surface area contributed by atoms with Gasteiger partial charge in [0.25, 0.3) is 0 Å². The fraction of sp³-hybridized carbons (Fsp3) is 0.211. The highest BCUT2D eigenvalue weighted by molar-refractivity contribution is 7.99. The van der Waals surface area contributed by atoms with E-state index in [9.17, 15) is 4.79 Å². The van der Waals surface area contributed by atoms with Gasteiger partial charge in [0, 0.05) is 11.3 Å². The van der Waals surface area contributed by atoms with Crippen molar-refractivity contribution in [3.8, 4) is 11.4 Å². The van der Waals surface area contributed by atoms with E-state index in [4.69, 9.17) is 5.84 Å². The molecule has 1 amide bonds. The van der Waals surface area contributed by atoms with E-state index in [2.05, 4.69) is 15.5 Å². The highest BCUT2D eigenvalue weighted by atomic mass is 32.2. The van der Waals surface area contributed by atoms with Crippen LogP contribution in [0.15, 0.2) is 47.6 Å². The Balaban J connectivity index is 1.65. The fourth-order valence-electron chi connectivity index (χ4n) is 2.46. The molecule has 0 atom stereocenters. The zero-order chi connectivity index (χ0) is 18.7. The maximum atomic E-state index is 12.2. The molecule has 3 N–H and O–H groups in total. The van der Waals surface area contributed by atoms with E-state index in [-0.39, 0.29) is 11.7 Å². The van der Waals surface area contributed by atoms with Gasteiger partial charge in [0.05, 0.1) is 5.75 Å². The summed E-state index contributed by atoms with van der Waals surface area (Å²) < 4.78 is 1.42. The second-order valence-corrected chi connectivity index (χ2v) is 7.14. The lowest BCUT2D eigenvalue weighted by atomic mass is 10.1. The minimum Gasteiger partial charge on any atom is -0.335 e. The molecule has 0 aliphatic rings. The predicted molar refractivity (Wildman–Crippen MR) is 106 cm³/mol. The van der Waals surface area contributed by atoms with E-state index in [1.165, 1.54) is 16.4 Å². The summed E-state index contributed by atoms with van der Waals surface area (Å²) in [5.41, 5.74) is 5.00. The minimum absolute atomic E-state index is 0.108. The average Bonchev–Trinajstić information content (AvgIpc) is 2.98. The molecule has 0 spiro atoms. The van der Waals surface area contributed by atoms with Gasteiger partial charge >= 0.3 is 0 Å². The van der Waals surface area contributed by atoms with E-state index in [0.29, 0.717) is 11.0 Å². The van der Waals surface area contributed by atoms with Crippen LogP contribution < -0.4 is 11.2 Å². The quantitative estimate of drug-likeness (QED) is 0.534. The summed E-state index contributed by atoms with van der Waals surface area (Å²) in [5, 5.41) is 11.7. The van der Waals surface area contributed by atoms with Crippen LogP contribution in [0.5, 0.6) is 0 Å². The second kappa shape index (κ2) is 7.61. The van der Waals surface area contributed by atoms with Crippen LogP contribution >= 0.6 is 11.8 Å². The number of nitrogens with zero attached hydrogens (tertiary/aromatic N) is 3. The second-order valence-electron chi connectivity index (χ2n) is 6.20. The first-order valence-electron chi connectivity index (χ1n) is 8.21. The van der Waals surface area contributed by atoms with Crippen molar-refractivity contribution in [2.45, 2.75) is 25.9 Å². The first-order valence-corrected chi connectivity index (χ1v) is 9.20. The van der Waals surface area contributed by atoms with E-state index < -0.39 is 0 Å². The number of carbonyl (C=O) groups is 1. The molecule has 0 bridgehead atoms. The molecule has 134 valence electrons. The Morgan fingerprint density at radius 2 is 1.77 bits per heavy atom. The summed E-state index contributed by atoms with van der Waals surface area (Å²) in [6, 6.07) is 13.8. The molecular formula is C19H21N5OS. The van der Waals surface area contributed by atoms with Gasteiger partial charge in [-0.3, -0.25) is 4.79 Å². The van der Waals surface area contributed by atoms with Gasteiger partial charge in [0.2, 0.25) is 11.1 Å². The summed E-state index contributed by atoms with van der Waals surface area (Å²) in [4.78, 5) is 12.2. The smallest absolute Gasteiger partial charge is 0.234 e. The Hall–Kier alpha value is -2.80. The number of anilines is 1. The normalized spacial score (nSPS) is 10.7. The van der Waals surface area contributed by atoms with Crippen LogP contribution in [0, 0.1) is 20.8 Å². The zero-order valence-electron chi connectivity index (χ0n) is 15.0. The van der Waals surface area contributed by atoms with Crippen LogP contribution in [0.2, 0.25) is 0 Å². The van der Waals surface area contributed by atoms with Crippen LogP contribution in [0.1, 0.15) is 16.7 Å². The van der Waals surface area contributed by atoms with Gasteiger partial charge in [0.15, 0.2) is 5.82 Å². The highest BCUT2D eigenvalue weighted by Crippen LogP contribution is 2.22. The maximum Gasteiger partial charge on any atom is 0.234 e. The van der Waals surface area contributed by atoms with Crippen LogP contribution in [0.25, 0.3) is 11.4 Å². The molecule has 7 heteroatoms. The summed E-state index contributed by atoms with van der Waals surface area (Å²) in [5.74, 6) is 6.76. The number of amides is 1. The van der Waals surface area contributed by atoms with Crippen molar-refractivity contribution in [1.82, 2.24) is 14.9 Å². The Morgan fingerprint density at radius 3 is 2.50 bits per heavy atom. The minimum atomic E-state index is -0.108. The molecule has 3 aromatic rings. The van der Waals surface area contributed by atoms with Crippen LogP contribution in [-0.4, -0.2) is 26.5 Å². The molecule has 2 aromatic carbocycles. The zero-order valence-corrected chi connectivity index (χ0v) is 15.8. The van der Waals surface area contributed by atoms with Gasteiger partial charge in [-0.25, -0.2) is 4.68 Å². The van der Waals surface area contributed by atoms with Crippen molar-refractivity contribution >= 4 is 23.4 Å². The molecule has 0 unspecified atom stereocenters. The molecule has 0 aliphatic heterocycles. The first-order chi connectivity index (χ1) is 12.4. The predicted octanol–water partition coefficient (Wildman–Crippen LogP) is 3.31. The van der Waals surface area contributed by atoms with E-state index in [1.807, 2.05) is 63.2 Å². The number of aryl methyl sites for hydroxylation is 3. The molecule has 0 radical (unpaired) electrons. The number of hydrogen-bond acceptors (Lipinski definition) is 5. The highest BCUT2D eigenvalue weighted by Gasteiger charge is 2.14. The third-order valence-corrected chi connectivity index (χ3v) is 4.92. The molecule has 1 heterocycles. The average molecular weight is 367 g/mol. The largest absolute Gasteiger partial charge is 0.335 e. The van der Waals surface area contributed by atoms with Crippen molar-refractivity contribution in [3.05, 3.63) is 59.2 Å². The Kier molecular flexibility index (Phi) is 5.27. The lowest BCUT2D eigenvalue weighted by Gasteiger charge is -2.09. The topological polar surface area (TPSA) is 85.8 Å². The monoisotopic (exact) mass is 367 g/mol. The molecule has 6 nitrogen and oxygen atoms in total. The van der Waals surface area contributed by atoms with Gasteiger partial charge in [-0.1, -0.05) is 53.7 Å². The van der Waals surface area contributed by atoms with Crippen LogP contribution in [-0.2, 0) is 4.79 Å². The number of nitrogen functional groups attached to an aromatic ring is 1. The summed E-state index contributed by atoms with van der Waals surface area (Å²) in [6.45, 7) is 5.98. The number of rotatable bonds is 5. The number of aromatic nitrogens is 3. The van der Waals surface area contributed by atoms with Crippen LogP contribution in [0.3, 0.4) is 0 Å². The van der Waals surface area contributed by atoms with Gasteiger partial charge < -0.3 is 11.2 Å². The molecule has 26 heavy (non-hydrogen) atoms. The molecule has 0 fully saturated rings. The van der Waals surface area contributed by atoms with Gasteiger partial charge in [-0.05, 0) is 38.0 Å². The maximum absolute atomic E-state index is 12.2. The molecular weight excluding hydrogens is 346 g/mol. The lowest BCUT2D eigenvalue weighted by Crippen LogP contribution is -2.17. The molecule has 3 rings (SSSR count). The van der Waals surface area contributed by atoms with Gasteiger partial charge in [-0.15, -0.1) is 10.2 Å². The van der Waals surface area contributed by atoms with E-state index >= 15 is 0 Å². The van der Waals surface area contributed by atoms with E-state index in [1.54, 1.807) is 0 Å². The summed E-state index contributed by atoms with van der Waals surface area (Å²) in [7, 11) is 0. The Morgan fingerprint density at radius 1 is 1.08 bits per heavy atom. The molecule has 0 saturated heterocycles.